The van der Waals surface area contributed by atoms with Crippen LogP contribution in [0.3, 0.4) is 0 Å². The summed E-state index contributed by atoms with van der Waals surface area (Å²) < 4.78 is 6.11. The van der Waals surface area contributed by atoms with E-state index >= 15 is 0 Å². The highest BCUT2D eigenvalue weighted by atomic mass is 16.3. The average molecular weight is 286 g/mol. The van der Waals surface area contributed by atoms with Gasteiger partial charge in [0.05, 0.1) is 0 Å². The molecule has 22 heavy (non-hydrogen) atoms. The van der Waals surface area contributed by atoms with Crippen LogP contribution in [-0.4, -0.2) is 0 Å². The standard InChI is InChI=1S/C21H18O/c1-14(2)16-11-12-18-20(13-16)22-19-10-6-9-17(21(18)19)15-7-4-3-5-8-15/h3-14H,1-2H3. The molecular formula is C21H18O. The maximum absolute atomic E-state index is 6.11. The molecule has 0 radical (unpaired) electrons. The molecule has 0 unspecified atom stereocenters. The molecular weight excluding hydrogens is 268 g/mol. The summed E-state index contributed by atoms with van der Waals surface area (Å²) in [6, 6.07) is 23.4. The molecule has 0 aliphatic carbocycles. The van der Waals surface area contributed by atoms with Gasteiger partial charge in [0.25, 0.3) is 0 Å². The Bertz CT molecular complexity index is 946. The molecule has 0 atom stereocenters. The van der Waals surface area contributed by atoms with Crippen molar-refractivity contribution in [3.8, 4) is 11.1 Å². The predicted molar refractivity (Wildman–Crippen MR) is 93.2 cm³/mol. The van der Waals surface area contributed by atoms with Crippen molar-refractivity contribution in [3.63, 3.8) is 0 Å². The van der Waals surface area contributed by atoms with Crippen LogP contribution in [0, 0.1) is 0 Å². The number of benzene rings is 3. The summed E-state index contributed by atoms with van der Waals surface area (Å²) in [5.41, 5.74) is 5.70. The highest BCUT2D eigenvalue weighted by Crippen LogP contribution is 2.37. The van der Waals surface area contributed by atoms with Crippen LogP contribution in [0.4, 0.5) is 0 Å². The molecule has 1 heteroatoms. The van der Waals surface area contributed by atoms with Crippen molar-refractivity contribution in [2.75, 3.05) is 0 Å². The second kappa shape index (κ2) is 5.03. The van der Waals surface area contributed by atoms with Gasteiger partial charge in [-0.25, -0.2) is 0 Å². The fraction of sp³-hybridized carbons (Fsp3) is 0.143. The molecule has 1 heterocycles. The third kappa shape index (κ3) is 2.01. The van der Waals surface area contributed by atoms with E-state index in [1.165, 1.54) is 27.5 Å². The van der Waals surface area contributed by atoms with Gasteiger partial charge in [0.15, 0.2) is 0 Å². The van der Waals surface area contributed by atoms with Gasteiger partial charge in [-0.1, -0.05) is 68.4 Å². The number of fused-ring (bicyclic) bond motifs is 3. The summed E-state index contributed by atoms with van der Waals surface area (Å²) in [6.07, 6.45) is 0. The molecule has 0 bridgehead atoms. The highest BCUT2D eigenvalue weighted by molar-refractivity contribution is 6.12. The number of hydrogen-bond donors (Lipinski definition) is 0. The molecule has 4 aromatic rings. The zero-order valence-electron chi connectivity index (χ0n) is 12.8. The Morgan fingerprint density at radius 1 is 0.773 bits per heavy atom. The van der Waals surface area contributed by atoms with Gasteiger partial charge < -0.3 is 4.42 Å². The van der Waals surface area contributed by atoms with Gasteiger partial charge in [-0.15, -0.1) is 0 Å². The van der Waals surface area contributed by atoms with E-state index in [2.05, 4.69) is 74.5 Å². The van der Waals surface area contributed by atoms with Crippen molar-refractivity contribution >= 4 is 21.9 Å². The first-order chi connectivity index (χ1) is 10.7. The molecule has 1 nitrogen and oxygen atoms in total. The monoisotopic (exact) mass is 286 g/mol. The maximum Gasteiger partial charge on any atom is 0.136 e. The normalized spacial score (nSPS) is 11.6. The predicted octanol–water partition coefficient (Wildman–Crippen LogP) is 6.38. The minimum Gasteiger partial charge on any atom is -0.456 e. The summed E-state index contributed by atoms with van der Waals surface area (Å²) in [6.45, 7) is 4.42. The van der Waals surface area contributed by atoms with Gasteiger partial charge >= 0.3 is 0 Å². The molecule has 0 saturated carbocycles. The van der Waals surface area contributed by atoms with Crippen molar-refractivity contribution in [3.05, 3.63) is 72.3 Å². The van der Waals surface area contributed by atoms with Crippen LogP contribution < -0.4 is 0 Å². The van der Waals surface area contributed by atoms with E-state index in [1.807, 2.05) is 6.07 Å². The number of hydrogen-bond acceptors (Lipinski definition) is 1. The first-order valence-corrected chi connectivity index (χ1v) is 7.74. The minimum absolute atomic E-state index is 0.506. The Labute approximate surface area is 130 Å². The molecule has 108 valence electrons. The topological polar surface area (TPSA) is 13.1 Å². The molecule has 0 spiro atoms. The Kier molecular flexibility index (Phi) is 3.00. The highest BCUT2D eigenvalue weighted by Gasteiger charge is 2.13. The third-order valence-electron chi connectivity index (χ3n) is 4.27. The van der Waals surface area contributed by atoms with Crippen molar-refractivity contribution in [2.24, 2.45) is 0 Å². The summed E-state index contributed by atoms with van der Waals surface area (Å²) >= 11 is 0. The van der Waals surface area contributed by atoms with Gasteiger partial charge in [0, 0.05) is 10.8 Å². The van der Waals surface area contributed by atoms with Crippen LogP contribution >= 0.6 is 0 Å². The second-order valence-corrected chi connectivity index (χ2v) is 6.06. The Morgan fingerprint density at radius 3 is 2.36 bits per heavy atom. The Balaban J connectivity index is 2.05. The van der Waals surface area contributed by atoms with Crippen molar-refractivity contribution in [1.82, 2.24) is 0 Å². The number of furan rings is 1. The van der Waals surface area contributed by atoms with Gasteiger partial charge in [0.2, 0.25) is 0 Å². The molecule has 0 fully saturated rings. The molecule has 0 saturated heterocycles. The van der Waals surface area contributed by atoms with Crippen LogP contribution in [0.1, 0.15) is 25.3 Å². The number of rotatable bonds is 2. The minimum atomic E-state index is 0.506. The summed E-state index contributed by atoms with van der Waals surface area (Å²) in [7, 11) is 0. The van der Waals surface area contributed by atoms with Gasteiger partial charge in [0.1, 0.15) is 11.2 Å². The van der Waals surface area contributed by atoms with E-state index < -0.39 is 0 Å². The van der Waals surface area contributed by atoms with Gasteiger partial charge in [-0.05, 0) is 34.7 Å². The summed E-state index contributed by atoms with van der Waals surface area (Å²) in [5, 5.41) is 2.40. The van der Waals surface area contributed by atoms with Gasteiger partial charge in [-0.3, -0.25) is 0 Å². The largest absolute Gasteiger partial charge is 0.456 e. The lowest BCUT2D eigenvalue weighted by Gasteiger charge is -2.05. The van der Waals surface area contributed by atoms with E-state index in [0.29, 0.717) is 5.92 Å². The van der Waals surface area contributed by atoms with Crippen LogP contribution in [0.25, 0.3) is 33.1 Å². The molecule has 3 aromatic carbocycles. The Hall–Kier alpha value is -2.54. The molecule has 0 aliphatic rings. The molecule has 0 N–H and O–H groups in total. The van der Waals surface area contributed by atoms with E-state index in [0.717, 1.165) is 11.2 Å². The van der Waals surface area contributed by atoms with Crippen LogP contribution in [0.2, 0.25) is 0 Å². The molecule has 0 aliphatic heterocycles. The summed E-state index contributed by atoms with van der Waals surface area (Å²) in [5.74, 6) is 0.506. The van der Waals surface area contributed by atoms with Gasteiger partial charge in [-0.2, -0.15) is 0 Å². The average Bonchev–Trinajstić information content (AvgIpc) is 2.93. The lowest BCUT2D eigenvalue weighted by atomic mass is 9.97. The Morgan fingerprint density at radius 2 is 1.59 bits per heavy atom. The zero-order valence-corrected chi connectivity index (χ0v) is 12.8. The van der Waals surface area contributed by atoms with Crippen LogP contribution in [-0.2, 0) is 0 Å². The summed E-state index contributed by atoms with van der Waals surface area (Å²) in [4.78, 5) is 0. The van der Waals surface area contributed by atoms with E-state index in [4.69, 9.17) is 4.42 Å². The smallest absolute Gasteiger partial charge is 0.136 e. The SMILES string of the molecule is CC(C)c1ccc2c(c1)oc1cccc(-c3ccccc3)c12. The quantitative estimate of drug-likeness (QED) is 0.417. The fourth-order valence-electron chi connectivity index (χ4n) is 3.06. The van der Waals surface area contributed by atoms with Crippen LogP contribution in [0.15, 0.2) is 71.1 Å². The van der Waals surface area contributed by atoms with Crippen molar-refractivity contribution in [1.29, 1.82) is 0 Å². The molecule has 4 rings (SSSR count). The second-order valence-electron chi connectivity index (χ2n) is 6.06. The van der Waals surface area contributed by atoms with E-state index in [-0.39, 0.29) is 0 Å². The van der Waals surface area contributed by atoms with Crippen molar-refractivity contribution < 1.29 is 4.42 Å². The van der Waals surface area contributed by atoms with Crippen LogP contribution in [0.5, 0.6) is 0 Å². The first-order valence-electron chi connectivity index (χ1n) is 7.74. The maximum atomic E-state index is 6.11. The fourth-order valence-corrected chi connectivity index (χ4v) is 3.06. The molecule has 0 amide bonds. The zero-order chi connectivity index (χ0) is 15.1. The molecule has 1 aromatic heterocycles. The third-order valence-corrected chi connectivity index (χ3v) is 4.27. The lowest BCUT2D eigenvalue weighted by Crippen LogP contribution is -1.85. The lowest BCUT2D eigenvalue weighted by molar-refractivity contribution is 0.667. The van der Waals surface area contributed by atoms with E-state index in [1.54, 1.807) is 0 Å². The van der Waals surface area contributed by atoms with Crippen molar-refractivity contribution in [2.45, 2.75) is 19.8 Å². The van der Waals surface area contributed by atoms with E-state index in [9.17, 15) is 0 Å². The first kappa shape index (κ1) is 13.1.